The van der Waals surface area contributed by atoms with Crippen LogP contribution in [-0.4, -0.2) is 19.3 Å². The van der Waals surface area contributed by atoms with Gasteiger partial charge >= 0.3 is 0 Å². The predicted octanol–water partition coefficient (Wildman–Crippen LogP) is 2.24. The highest BCUT2D eigenvalue weighted by molar-refractivity contribution is 7.92. The maximum absolute atomic E-state index is 12.3. The Morgan fingerprint density at radius 2 is 2.17 bits per heavy atom. The summed E-state index contributed by atoms with van der Waals surface area (Å²) in [5.74, 6) is -0.936. The second kappa shape index (κ2) is 6.00. The van der Waals surface area contributed by atoms with E-state index in [0.29, 0.717) is 22.7 Å². The van der Waals surface area contributed by atoms with E-state index >= 15 is 0 Å². The largest absolute Gasteiger partial charge is 0.275 e. The number of aryl methyl sites for hydroxylation is 2. The molecule has 24 heavy (non-hydrogen) atoms. The second-order valence-corrected chi connectivity index (χ2v) is 8.84. The van der Waals surface area contributed by atoms with Gasteiger partial charge in [0.1, 0.15) is 0 Å². The van der Waals surface area contributed by atoms with Gasteiger partial charge in [-0.1, -0.05) is 12.1 Å². The molecule has 1 saturated carbocycles. The molecule has 1 amide bonds. The van der Waals surface area contributed by atoms with Gasteiger partial charge in [0.05, 0.1) is 22.3 Å². The van der Waals surface area contributed by atoms with Gasteiger partial charge in [-0.2, -0.15) is 5.26 Å². The van der Waals surface area contributed by atoms with E-state index in [1.807, 2.05) is 6.07 Å². The van der Waals surface area contributed by atoms with Gasteiger partial charge in [-0.05, 0) is 43.9 Å². The lowest BCUT2D eigenvalue weighted by Gasteiger charge is -2.05. The summed E-state index contributed by atoms with van der Waals surface area (Å²) in [6.07, 6.45) is 0.580. The van der Waals surface area contributed by atoms with Crippen molar-refractivity contribution in [1.82, 2.24) is 9.71 Å². The molecule has 3 rings (SSSR count). The van der Waals surface area contributed by atoms with E-state index in [1.165, 1.54) is 0 Å². The van der Waals surface area contributed by atoms with E-state index in [2.05, 4.69) is 15.8 Å². The van der Waals surface area contributed by atoms with Crippen molar-refractivity contribution in [3.05, 3.63) is 46.1 Å². The van der Waals surface area contributed by atoms with Crippen molar-refractivity contribution in [2.24, 2.45) is 5.92 Å². The van der Waals surface area contributed by atoms with E-state index < -0.39 is 15.9 Å². The lowest BCUT2D eigenvalue weighted by atomic mass is 10.1. The minimum Gasteiger partial charge on any atom is -0.274 e. The SMILES string of the molecule is Cc1nc(C)c(S(=O)(=O)NC(=O)[C@@H]2C[C@@H]2c2cccc(C#N)c2)s1. The van der Waals surface area contributed by atoms with Crippen molar-refractivity contribution >= 4 is 27.3 Å². The number of carbonyl (C=O) groups excluding carboxylic acids is 1. The lowest BCUT2D eigenvalue weighted by Crippen LogP contribution is -2.32. The summed E-state index contributed by atoms with van der Waals surface area (Å²) in [5.41, 5.74) is 1.81. The number of thiazole rings is 1. The van der Waals surface area contributed by atoms with Crippen LogP contribution in [0.5, 0.6) is 0 Å². The van der Waals surface area contributed by atoms with Gasteiger partial charge < -0.3 is 0 Å². The van der Waals surface area contributed by atoms with Crippen LogP contribution < -0.4 is 4.72 Å². The van der Waals surface area contributed by atoms with Crippen molar-refractivity contribution in [3.63, 3.8) is 0 Å². The third-order valence-electron chi connectivity index (χ3n) is 3.91. The number of carbonyl (C=O) groups is 1. The number of nitrogens with zero attached hydrogens (tertiary/aromatic N) is 2. The minimum absolute atomic E-state index is 0.0437. The Hall–Kier alpha value is -2.24. The van der Waals surface area contributed by atoms with Crippen LogP contribution in [-0.2, 0) is 14.8 Å². The van der Waals surface area contributed by atoms with E-state index in [4.69, 9.17) is 5.26 Å². The number of aromatic nitrogens is 1. The fourth-order valence-corrected chi connectivity index (χ4v) is 5.22. The maximum atomic E-state index is 12.3. The third-order valence-corrected chi connectivity index (χ3v) is 6.94. The smallest absolute Gasteiger partial charge is 0.274 e. The summed E-state index contributed by atoms with van der Waals surface area (Å²) < 4.78 is 26.9. The molecule has 2 aromatic rings. The summed E-state index contributed by atoms with van der Waals surface area (Å²) >= 11 is 1.05. The first kappa shape index (κ1) is 16.6. The molecule has 1 aliphatic rings. The molecule has 0 spiro atoms. The van der Waals surface area contributed by atoms with Gasteiger partial charge in [0, 0.05) is 5.92 Å². The summed E-state index contributed by atoms with van der Waals surface area (Å²) in [5, 5.41) is 9.57. The summed E-state index contributed by atoms with van der Waals surface area (Å²) in [6, 6.07) is 9.11. The van der Waals surface area contributed by atoms with Gasteiger partial charge in [0.15, 0.2) is 4.21 Å². The number of hydrogen-bond donors (Lipinski definition) is 1. The van der Waals surface area contributed by atoms with Gasteiger partial charge in [-0.3, -0.25) is 4.79 Å². The predicted molar refractivity (Wildman–Crippen MR) is 88.9 cm³/mol. The number of benzene rings is 1. The number of sulfonamides is 1. The van der Waals surface area contributed by atoms with Crippen LogP contribution in [0.3, 0.4) is 0 Å². The van der Waals surface area contributed by atoms with E-state index in [1.54, 1.807) is 32.0 Å². The van der Waals surface area contributed by atoms with Gasteiger partial charge in [0.25, 0.3) is 10.0 Å². The molecule has 0 unspecified atom stereocenters. The van der Waals surface area contributed by atoms with Gasteiger partial charge in [0.2, 0.25) is 5.91 Å². The zero-order chi connectivity index (χ0) is 17.5. The van der Waals surface area contributed by atoms with Crippen molar-refractivity contribution in [2.45, 2.75) is 30.4 Å². The number of hydrogen-bond acceptors (Lipinski definition) is 6. The van der Waals surface area contributed by atoms with Crippen LogP contribution >= 0.6 is 11.3 Å². The zero-order valence-corrected chi connectivity index (χ0v) is 14.7. The molecule has 0 bridgehead atoms. The first-order chi connectivity index (χ1) is 11.3. The number of nitrogens with one attached hydrogen (secondary N) is 1. The molecule has 0 saturated heterocycles. The Morgan fingerprint density at radius 3 is 2.79 bits per heavy atom. The molecule has 0 aliphatic heterocycles. The van der Waals surface area contributed by atoms with Crippen molar-refractivity contribution < 1.29 is 13.2 Å². The standard InChI is InChI=1S/C16H15N3O3S2/c1-9-16(23-10(2)18-9)24(21,22)19-15(20)14-7-13(14)12-5-3-4-11(6-12)8-17/h3-6,13-14H,7H2,1-2H3,(H,19,20)/t13-,14-/m1/s1. The molecular formula is C16H15N3O3S2. The zero-order valence-electron chi connectivity index (χ0n) is 13.1. The molecule has 0 radical (unpaired) electrons. The molecule has 8 heteroatoms. The average molecular weight is 361 g/mol. The van der Waals surface area contributed by atoms with E-state index in [0.717, 1.165) is 16.9 Å². The number of nitriles is 1. The molecular weight excluding hydrogens is 346 g/mol. The molecule has 1 N–H and O–H groups in total. The maximum Gasteiger partial charge on any atom is 0.275 e. The van der Waals surface area contributed by atoms with Gasteiger partial charge in [-0.15, -0.1) is 11.3 Å². The second-order valence-electron chi connectivity index (χ2n) is 5.76. The van der Waals surface area contributed by atoms with Crippen molar-refractivity contribution in [2.75, 3.05) is 0 Å². The highest BCUT2D eigenvalue weighted by Gasteiger charge is 2.45. The number of amides is 1. The van der Waals surface area contributed by atoms with Crippen LogP contribution in [0.1, 0.15) is 34.2 Å². The van der Waals surface area contributed by atoms with Crippen LogP contribution in [0.15, 0.2) is 28.5 Å². The van der Waals surface area contributed by atoms with E-state index in [-0.39, 0.29) is 16.0 Å². The Bertz CT molecular complexity index is 957. The van der Waals surface area contributed by atoms with Crippen LogP contribution in [0.25, 0.3) is 0 Å². The Kier molecular flexibility index (Phi) is 4.15. The average Bonchev–Trinajstić information content (AvgIpc) is 3.26. The highest BCUT2D eigenvalue weighted by atomic mass is 32.2. The monoisotopic (exact) mass is 361 g/mol. The fourth-order valence-electron chi connectivity index (χ4n) is 2.71. The van der Waals surface area contributed by atoms with Gasteiger partial charge in [-0.25, -0.2) is 18.1 Å². The highest BCUT2D eigenvalue weighted by Crippen LogP contribution is 2.47. The third kappa shape index (κ3) is 3.18. The minimum atomic E-state index is -3.89. The quantitative estimate of drug-likeness (QED) is 0.900. The van der Waals surface area contributed by atoms with Crippen LogP contribution in [0.4, 0.5) is 0 Å². The molecule has 6 nitrogen and oxygen atoms in total. The summed E-state index contributed by atoms with van der Waals surface area (Å²) in [6.45, 7) is 3.33. The van der Waals surface area contributed by atoms with Crippen molar-refractivity contribution in [1.29, 1.82) is 5.26 Å². The summed E-state index contributed by atoms with van der Waals surface area (Å²) in [4.78, 5) is 16.4. The molecule has 124 valence electrons. The Labute approximate surface area is 144 Å². The first-order valence-corrected chi connectivity index (χ1v) is 9.62. The first-order valence-electron chi connectivity index (χ1n) is 7.32. The lowest BCUT2D eigenvalue weighted by molar-refractivity contribution is -0.120. The molecule has 1 heterocycles. The topological polar surface area (TPSA) is 99.9 Å². The summed E-state index contributed by atoms with van der Waals surface area (Å²) in [7, 11) is -3.89. The van der Waals surface area contributed by atoms with E-state index in [9.17, 15) is 13.2 Å². The fraction of sp³-hybridized carbons (Fsp3) is 0.312. The molecule has 2 atom stereocenters. The molecule has 1 aromatic carbocycles. The van der Waals surface area contributed by atoms with Crippen LogP contribution in [0, 0.1) is 31.1 Å². The molecule has 1 aliphatic carbocycles. The Morgan fingerprint density at radius 1 is 1.42 bits per heavy atom. The number of rotatable bonds is 4. The van der Waals surface area contributed by atoms with Crippen LogP contribution in [0.2, 0.25) is 0 Å². The van der Waals surface area contributed by atoms with Crippen molar-refractivity contribution in [3.8, 4) is 6.07 Å². The normalized spacial score (nSPS) is 19.5. The Balaban J connectivity index is 1.73. The molecule has 1 fully saturated rings. The molecule has 1 aromatic heterocycles.